The molecule has 2 aliphatic carbocycles. The lowest BCUT2D eigenvalue weighted by Crippen LogP contribution is -2.44. The van der Waals surface area contributed by atoms with Crippen LogP contribution in [0.25, 0.3) is 10.8 Å². The highest BCUT2D eigenvalue weighted by Gasteiger charge is 2.49. The van der Waals surface area contributed by atoms with Gasteiger partial charge in [0.25, 0.3) is 0 Å². The first-order valence-corrected chi connectivity index (χ1v) is 17.5. The number of allylic oxidation sites excluding steroid dienone is 4. The van der Waals surface area contributed by atoms with E-state index in [4.69, 9.17) is 21.1 Å². The van der Waals surface area contributed by atoms with Crippen LogP contribution in [0, 0.1) is 17.8 Å². The maximum absolute atomic E-state index is 14.3. The molecule has 49 heavy (non-hydrogen) atoms. The fourth-order valence-corrected chi connectivity index (χ4v) is 8.44. The minimum Gasteiger partial charge on any atom is -0.493 e. The van der Waals surface area contributed by atoms with Crippen molar-refractivity contribution in [1.82, 2.24) is 4.90 Å². The highest BCUT2D eigenvalue weighted by Crippen LogP contribution is 2.56. The normalized spacial score (nSPS) is 18.9. The van der Waals surface area contributed by atoms with Crippen LogP contribution in [0.1, 0.15) is 81.5 Å². The number of carbonyl (C=O) groups excluding carboxylic acids is 2. The summed E-state index contributed by atoms with van der Waals surface area (Å²) in [5.74, 6) is 0.548. The molecule has 6 heteroatoms. The van der Waals surface area contributed by atoms with Crippen LogP contribution in [-0.2, 0) is 22.7 Å². The summed E-state index contributed by atoms with van der Waals surface area (Å²) in [5, 5.41) is 2.66. The average molecular weight is 674 g/mol. The molecule has 0 unspecified atom stereocenters. The highest BCUT2D eigenvalue weighted by atomic mass is 35.5. The number of Topliss-reactive ketones (excluding diaryl/α,β-unsaturated/α-hetero) is 2. The monoisotopic (exact) mass is 673 g/mol. The number of hydrogen-bond donors (Lipinski definition) is 0. The summed E-state index contributed by atoms with van der Waals surface area (Å²) in [6, 6.07) is 26.6. The summed E-state index contributed by atoms with van der Waals surface area (Å²) in [4.78, 5) is 31.0. The Bertz CT molecular complexity index is 2000. The van der Waals surface area contributed by atoms with Crippen molar-refractivity contribution in [1.29, 1.82) is 0 Å². The Kier molecular flexibility index (Phi) is 8.47. The van der Waals surface area contributed by atoms with Gasteiger partial charge in [0.1, 0.15) is 6.61 Å². The largest absolute Gasteiger partial charge is 0.493 e. The second kappa shape index (κ2) is 12.5. The van der Waals surface area contributed by atoms with E-state index in [1.54, 1.807) is 7.11 Å². The van der Waals surface area contributed by atoms with Gasteiger partial charge in [-0.05, 0) is 70.2 Å². The van der Waals surface area contributed by atoms with Gasteiger partial charge in [-0.2, -0.15) is 0 Å². The van der Waals surface area contributed by atoms with Gasteiger partial charge in [0.15, 0.2) is 23.1 Å². The van der Waals surface area contributed by atoms with E-state index < -0.39 is 5.92 Å². The van der Waals surface area contributed by atoms with Crippen LogP contribution in [0.2, 0.25) is 5.02 Å². The predicted octanol–water partition coefficient (Wildman–Crippen LogP) is 10.3. The van der Waals surface area contributed by atoms with Gasteiger partial charge in [0, 0.05) is 53.4 Å². The Labute approximate surface area is 294 Å². The number of ether oxygens (including phenoxy) is 2. The molecule has 0 radical (unpaired) electrons. The maximum Gasteiger partial charge on any atom is 0.180 e. The van der Waals surface area contributed by atoms with Gasteiger partial charge in [-0.1, -0.05) is 106 Å². The van der Waals surface area contributed by atoms with Gasteiger partial charge in [0.2, 0.25) is 0 Å². The zero-order valence-corrected chi connectivity index (χ0v) is 30.0. The molecule has 0 aromatic heterocycles. The van der Waals surface area contributed by atoms with Gasteiger partial charge in [0.05, 0.1) is 12.1 Å². The third kappa shape index (κ3) is 6.18. The molecule has 5 nitrogen and oxygen atoms in total. The molecule has 0 N–H and O–H groups in total. The van der Waals surface area contributed by atoms with Crippen LogP contribution >= 0.6 is 11.6 Å². The number of halogens is 1. The topological polar surface area (TPSA) is 55.8 Å². The molecule has 4 aromatic carbocycles. The number of methoxy groups -OCH3 is 1. The van der Waals surface area contributed by atoms with Crippen molar-refractivity contribution in [3.05, 3.63) is 129 Å². The van der Waals surface area contributed by atoms with Crippen LogP contribution in [0.15, 0.2) is 101 Å². The summed E-state index contributed by atoms with van der Waals surface area (Å²) in [5.41, 5.74) is 7.14. The van der Waals surface area contributed by atoms with Crippen molar-refractivity contribution in [2.75, 3.05) is 7.11 Å². The lowest BCUT2D eigenvalue weighted by molar-refractivity contribution is -0.119. The van der Waals surface area contributed by atoms with Crippen molar-refractivity contribution in [2.45, 2.75) is 79.4 Å². The SMILES string of the molecule is COc1cc(C2C3=C(CC(C)(C)CC3=O)N(Cc3ccccc3)C3=C2C(=O)CC(C)(C)C3)cc(Cl)c1OCc1c(C)ccc2ccccc12. The number of carbonyl (C=O) groups is 2. The van der Waals surface area contributed by atoms with Gasteiger partial charge in [-0.3, -0.25) is 9.59 Å². The number of rotatable bonds is 7. The molecule has 0 fully saturated rings. The smallest absolute Gasteiger partial charge is 0.180 e. The van der Waals surface area contributed by atoms with Crippen LogP contribution in [-0.4, -0.2) is 23.6 Å². The summed E-state index contributed by atoms with van der Waals surface area (Å²) in [7, 11) is 1.60. The van der Waals surface area contributed by atoms with E-state index in [1.807, 2.05) is 42.5 Å². The standard InChI is InChI=1S/C43H44ClNO4/c1-26-16-17-28-14-10-11-15-30(28)31(26)25-49-41-32(44)18-29(19-37(41)48-6)38-39-33(20-42(2,3)22-35(39)46)45(24-27-12-8-7-9-13-27)34-21-43(4,5)23-36(47)40(34)38/h7-19,38H,20-25H2,1-6H3. The molecule has 1 heterocycles. The Hall–Kier alpha value is -4.35. The van der Waals surface area contributed by atoms with Crippen LogP contribution in [0.3, 0.4) is 0 Å². The molecule has 252 valence electrons. The molecule has 0 atom stereocenters. The zero-order valence-electron chi connectivity index (χ0n) is 29.3. The summed E-state index contributed by atoms with van der Waals surface area (Å²) in [6.45, 7) is 11.6. The first kappa shape index (κ1) is 33.2. The van der Waals surface area contributed by atoms with E-state index in [0.717, 1.165) is 57.3 Å². The molecule has 3 aliphatic rings. The molecular formula is C43H44ClNO4. The summed E-state index contributed by atoms with van der Waals surface area (Å²) in [6.07, 6.45) is 2.30. The van der Waals surface area contributed by atoms with E-state index in [9.17, 15) is 9.59 Å². The summed E-state index contributed by atoms with van der Waals surface area (Å²) >= 11 is 7.09. The van der Waals surface area contributed by atoms with E-state index in [1.165, 1.54) is 0 Å². The lowest BCUT2D eigenvalue weighted by Gasteiger charge is -2.49. The third-order valence-electron chi connectivity index (χ3n) is 10.4. The van der Waals surface area contributed by atoms with Gasteiger partial charge < -0.3 is 14.4 Å². The number of nitrogens with zero attached hydrogens (tertiary/aromatic N) is 1. The molecule has 4 aromatic rings. The third-order valence-corrected chi connectivity index (χ3v) is 10.7. The van der Waals surface area contributed by atoms with Crippen LogP contribution in [0.5, 0.6) is 11.5 Å². The van der Waals surface area contributed by atoms with Crippen molar-refractivity contribution in [3.63, 3.8) is 0 Å². The highest BCUT2D eigenvalue weighted by molar-refractivity contribution is 6.32. The lowest BCUT2D eigenvalue weighted by atomic mass is 9.63. The van der Waals surface area contributed by atoms with E-state index in [0.29, 0.717) is 53.7 Å². The van der Waals surface area contributed by atoms with Crippen LogP contribution in [0.4, 0.5) is 0 Å². The number of ketones is 2. The molecule has 0 saturated heterocycles. The van der Waals surface area contributed by atoms with Gasteiger partial charge in [-0.15, -0.1) is 0 Å². The molecule has 0 saturated carbocycles. The first-order chi connectivity index (χ1) is 23.4. The second-order valence-corrected chi connectivity index (χ2v) is 15.9. The summed E-state index contributed by atoms with van der Waals surface area (Å²) < 4.78 is 12.4. The van der Waals surface area contributed by atoms with E-state index in [-0.39, 0.29) is 22.4 Å². The second-order valence-electron chi connectivity index (χ2n) is 15.5. The predicted molar refractivity (Wildman–Crippen MR) is 196 cm³/mol. The molecule has 7 rings (SSSR count). The molecule has 0 bridgehead atoms. The Balaban J connectivity index is 1.36. The molecule has 0 spiro atoms. The fraction of sp³-hybridized carbons (Fsp3) is 0.349. The van der Waals surface area contributed by atoms with Gasteiger partial charge in [-0.25, -0.2) is 0 Å². The van der Waals surface area contributed by atoms with Crippen molar-refractivity contribution >= 4 is 33.9 Å². The van der Waals surface area contributed by atoms with E-state index in [2.05, 4.69) is 75.9 Å². The minimum absolute atomic E-state index is 0.0837. The van der Waals surface area contributed by atoms with Gasteiger partial charge >= 0.3 is 0 Å². The number of benzene rings is 4. The average Bonchev–Trinajstić information content (AvgIpc) is 3.04. The van der Waals surface area contributed by atoms with Crippen molar-refractivity contribution < 1.29 is 19.1 Å². The molecule has 0 amide bonds. The van der Waals surface area contributed by atoms with Crippen molar-refractivity contribution in [2.24, 2.45) is 10.8 Å². The first-order valence-electron chi connectivity index (χ1n) is 17.2. The van der Waals surface area contributed by atoms with Crippen LogP contribution < -0.4 is 9.47 Å². The van der Waals surface area contributed by atoms with Crippen molar-refractivity contribution in [3.8, 4) is 11.5 Å². The quantitative estimate of drug-likeness (QED) is 0.195. The number of fused-ring (bicyclic) bond motifs is 1. The number of hydrogen-bond acceptors (Lipinski definition) is 5. The Morgan fingerprint density at radius 1 is 0.796 bits per heavy atom. The Morgan fingerprint density at radius 2 is 1.41 bits per heavy atom. The number of aryl methyl sites for hydroxylation is 1. The Morgan fingerprint density at radius 3 is 2.04 bits per heavy atom. The molecule has 1 aliphatic heterocycles. The van der Waals surface area contributed by atoms with E-state index >= 15 is 0 Å². The molecular weight excluding hydrogens is 630 g/mol. The maximum atomic E-state index is 14.3. The fourth-order valence-electron chi connectivity index (χ4n) is 8.17. The minimum atomic E-state index is -0.537. The zero-order chi connectivity index (χ0) is 34.7.